The van der Waals surface area contributed by atoms with Crippen LogP contribution in [0.15, 0.2) is 4.99 Å². The third kappa shape index (κ3) is 2.82. The standard InChI is InChI=1S/C11H19NO2/c1-4-14-11(13)9-6-5-7-10(9)12-8(2)3/h8-9H,4-7H2,1-3H3. The fraction of sp³-hybridized carbons (Fsp3) is 0.818. The van der Waals surface area contributed by atoms with Crippen LogP contribution in [-0.2, 0) is 9.53 Å². The minimum atomic E-state index is -0.0931. The molecule has 3 heteroatoms. The quantitative estimate of drug-likeness (QED) is 0.650. The van der Waals surface area contributed by atoms with Crippen molar-refractivity contribution in [1.82, 2.24) is 0 Å². The van der Waals surface area contributed by atoms with Gasteiger partial charge < -0.3 is 4.74 Å². The number of ether oxygens (including phenoxy) is 1. The van der Waals surface area contributed by atoms with Gasteiger partial charge in [-0.15, -0.1) is 0 Å². The Kier molecular flexibility index (Phi) is 4.11. The topological polar surface area (TPSA) is 38.7 Å². The second-order valence-electron chi connectivity index (χ2n) is 3.91. The lowest BCUT2D eigenvalue weighted by atomic mass is 10.1. The van der Waals surface area contributed by atoms with E-state index in [1.807, 2.05) is 20.8 Å². The first-order chi connectivity index (χ1) is 6.65. The van der Waals surface area contributed by atoms with Gasteiger partial charge in [-0.05, 0) is 40.0 Å². The highest BCUT2D eigenvalue weighted by molar-refractivity contribution is 6.03. The molecule has 1 saturated carbocycles. The molecule has 0 heterocycles. The molecule has 3 nitrogen and oxygen atoms in total. The van der Waals surface area contributed by atoms with Gasteiger partial charge in [-0.2, -0.15) is 0 Å². The summed E-state index contributed by atoms with van der Waals surface area (Å²) in [6.45, 7) is 6.37. The average molecular weight is 197 g/mol. The smallest absolute Gasteiger partial charge is 0.314 e. The number of carbonyl (C=O) groups is 1. The molecular weight excluding hydrogens is 178 g/mol. The van der Waals surface area contributed by atoms with E-state index < -0.39 is 0 Å². The van der Waals surface area contributed by atoms with Gasteiger partial charge in [0.15, 0.2) is 0 Å². The summed E-state index contributed by atoms with van der Waals surface area (Å²) in [6.07, 6.45) is 2.93. The molecule has 0 aromatic rings. The van der Waals surface area contributed by atoms with Gasteiger partial charge in [0.05, 0.1) is 12.5 Å². The minimum absolute atomic E-state index is 0.0580. The van der Waals surface area contributed by atoms with Crippen LogP contribution in [0.2, 0.25) is 0 Å². The molecule has 0 saturated heterocycles. The Morgan fingerprint density at radius 2 is 2.36 bits per heavy atom. The van der Waals surface area contributed by atoms with E-state index in [1.165, 1.54) is 0 Å². The van der Waals surface area contributed by atoms with E-state index in [4.69, 9.17) is 4.74 Å². The highest BCUT2D eigenvalue weighted by Gasteiger charge is 2.30. The SMILES string of the molecule is CCOC(=O)C1CCCC1=NC(C)C. The molecule has 0 amide bonds. The largest absolute Gasteiger partial charge is 0.465 e. The molecule has 0 radical (unpaired) electrons. The summed E-state index contributed by atoms with van der Waals surface area (Å²) in [5.74, 6) is -0.151. The van der Waals surface area contributed by atoms with Gasteiger partial charge in [0, 0.05) is 11.8 Å². The van der Waals surface area contributed by atoms with Crippen LogP contribution in [0.1, 0.15) is 40.0 Å². The maximum absolute atomic E-state index is 11.5. The van der Waals surface area contributed by atoms with Crippen molar-refractivity contribution in [3.63, 3.8) is 0 Å². The van der Waals surface area contributed by atoms with Crippen LogP contribution in [0.25, 0.3) is 0 Å². The van der Waals surface area contributed by atoms with E-state index in [0.717, 1.165) is 25.0 Å². The molecule has 0 spiro atoms. The molecule has 1 atom stereocenters. The molecule has 0 N–H and O–H groups in total. The van der Waals surface area contributed by atoms with Crippen molar-refractivity contribution in [2.75, 3.05) is 6.61 Å². The van der Waals surface area contributed by atoms with Crippen LogP contribution in [0.4, 0.5) is 0 Å². The number of esters is 1. The summed E-state index contributed by atoms with van der Waals surface area (Å²) >= 11 is 0. The molecule has 1 aliphatic rings. The maximum atomic E-state index is 11.5. The summed E-state index contributed by atoms with van der Waals surface area (Å²) in [5, 5.41) is 0. The van der Waals surface area contributed by atoms with E-state index in [-0.39, 0.29) is 17.9 Å². The number of rotatable bonds is 3. The lowest BCUT2D eigenvalue weighted by Gasteiger charge is -2.10. The highest BCUT2D eigenvalue weighted by atomic mass is 16.5. The molecular formula is C11H19NO2. The first kappa shape index (κ1) is 11.2. The maximum Gasteiger partial charge on any atom is 0.314 e. The third-order valence-corrected chi connectivity index (χ3v) is 2.32. The number of carbonyl (C=O) groups excluding carboxylic acids is 1. The van der Waals surface area contributed by atoms with Gasteiger partial charge in [-0.25, -0.2) is 0 Å². The van der Waals surface area contributed by atoms with Gasteiger partial charge >= 0.3 is 5.97 Å². The predicted molar refractivity (Wildman–Crippen MR) is 56.5 cm³/mol. The lowest BCUT2D eigenvalue weighted by Crippen LogP contribution is -2.22. The van der Waals surface area contributed by atoms with Crippen molar-refractivity contribution >= 4 is 11.7 Å². The van der Waals surface area contributed by atoms with E-state index in [1.54, 1.807) is 0 Å². The Labute approximate surface area is 85.6 Å². The first-order valence-corrected chi connectivity index (χ1v) is 5.38. The number of aliphatic imine (C=N–C) groups is 1. The first-order valence-electron chi connectivity index (χ1n) is 5.38. The molecule has 1 rings (SSSR count). The van der Waals surface area contributed by atoms with E-state index in [2.05, 4.69) is 4.99 Å². The fourth-order valence-electron chi connectivity index (χ4n) is 1.81. The lowest BCUT2D eigenvalue weighted by molar-refractivity contribution is -0.145. The Morgan fingerprint density at radius 1 is 1.64 bits per heavy atom. The van der Waals surface area contributed by atoms with Crippen LogP contribution in [0, 0.1) is 5.92 Å². The van der Waals surface area contributed by atoms with E-state index >= 15 is 0 Å². The van der Waals surface area contributed by atoms with Gasteiger partial charge in [0.2, 0.25) is 0 Å². The Balaban J connectivity index is 2.63. The molecule has 1 unspecified atom stereocenters. The minimum Gasteiger partial charge on any atom is -0.465 e. The molecule has 0 bridgehead atoms. The number of nitrogens with zero attached hydrogens (tertiary/aromatic N) is 1. The van der Waals surface area contributed by atoms with E-state index in [0.29, 0.717) is 6.61 Å². The fourth-order valence-corrected chi connectivity index (χ4v) is 1.81. The molecule has 80 valence electrons. The van der Waals surface area contributed by atoms with Crippen LogP contribution in [0.5, 0.6) is 0 Å². The Hall–Kier alpha value is -0.860. The van der Waals surface area contributed by atoms with Crippen molar-refractivity contribution in [1.29, 1.82) is 0 Å². The molecule has 0 aromatic carbocycles. The van der Waals surface area contributed by atoms with Gasteiger partial charge in [-0.1, -0.05) is 0 Å². The van der Waals surface area contributed by atoms with Crippen LogP contribution < -0.4 is 0 Å². The molecule has 1 fully saturated rings. The normalized spacial score (nSPS) is 24.6. The Morgan fingerprint density at radius 3 is 2.93 bits per heavy atom. The summed E-state index contributed by atoms with van der Waals surface area (Å²) in [5.41, 5.74) is 1.04. The molecule has 0 aliphatic heterocycles. The van der Waals surface area contributed by atoms with Crippen LogP contribution >= 0.6 is 0 Å². The van der Waals surface area contributed by atoms with Crippen molar-refractivity contribution in [3.8, 4) is 0 Å². The zero-order chi connectivity index (χ0) is 10.6. The zero-order valence-corrected chi connectivity index (χ0v) is 9.25. The molecule has 14 heavy (non-hydrogen) atoms. The van der Waals surface area contributed by atoms with Gasteiger partial charge in [0.25, 0.3) is 0 Å². The number of hydrogen-bond donors (Lipinski definition) is 0. The summed E-state index contributed by atoms with van der Waals surface area (Å²) in [6, 6.07) is 0.278. The summed E-state index contributed by atoms with van der Waals surface area (Å²) in [4.78, 5) is 16.0. The molecule has 1 aliphatic carbocycles. The predicted octanol–water partition coefficient (Wildman–Crippen LogP) is 2.20. The van der Waals surface area contributed by atoms with Crippen molar-refractivity contribution in [2.45, 2.75) is 46.1 Å². The zero-order valence-electron chi connectivity index (χ0n) is 9.25. The number of hydrogen-bond acceptors (Lipinski definition) is 3. The van der Waals surface area contributed by atoms with Gasteiger partial charge in [0.1, 0.15) is 0 Å². The van der Waals surface area contributed by atoms with Crippen molar-refractivity contribution < 1.29 is 9.53 Å². The monoisotopic (exact) mass is 197 g/mol. The van der Waals surface area contributed by atoms with Crippen LogP contribution in [-0.4, -0.2) is 24.3 Å². The second-order valence-corrected chi connectivity index (χ2v) is 3.91. The van der Waals surface area contributed by atoms with Crippen LogP contribution in [0.3, 0.4) is 0 Å². The second kappa shape index (κ2) is 5.13. The molecule has 0 aromatic heterocycles. The summed E-state index contributed by atoms with van der Waals surface area (Å²) < 4.78 is 5.02. The highest BCUT2D eigenvalue weighted by Crippen LogP contribution is 2.24. The van der Waals surface area contributed by atoms with E-state index in [9.17, 15) is 4.79 Å². The van der Waals surface area contributed by atoms with Crippen molar-refractivity contribution in [2.24, 2.45) is 10.9 Å². The average Bonchev–Trinajstić information content (AvgIpc) is 2.51. The van der Waals surface area contributed by atoms with Gasteiger partial charge in [-0.3, -0.25) is 9.79 Å². The summed E-state index contributed by atoms with van der Waals surface area (Å²) in [7, 11) is 0. The third-order valence-electron chi connectivity index (χ3n) is 2.32. The van der Waals surface area contributed by atoms with Crippen molar-refractivity contribution in [3.05, 3.63) is 0 Å². The Bertz CT molecular complexity index is 233.